The van der Waals surface area contributed by atoms with Crippen LogP contribution in [0.25, 0.3) is 11.3 Å². The van der Waals surface area contributed by atoms with E-state index in [0.717, 1.165) is 18.2 Å². The van der Waals surface area contributed by atoms with Crippen LogP contribution in [0.2, 0.25) is 0 Å². The predicted molar refractivity (Wildman–Crippen MR) is 101 cm³/mol. The van der Waals surface area contributed by atoms with Crippen molar-refractivity contribution in [3.8, 4) is 22.8 Å². The van der Waals surface area contributed by atoms with Gasteiger partial charge in [-0.2, -0.15) is 5.10 Å². The summed E-state index contributed by atoms with van der Waals surface area (Å²) in [6.07, 6.45) is -4.93. The normalized spacial score (nSPS) is 10.7. The Kier molecular flexibility index (Phi) is 7.40. The number of amides is 1. The SMILES string of the molecule is CC.O=C(NCc1cc(-c2cc(F)ccc2O)n[nH]1)c1ccccc1OC(F)(F)F. The fourth-order valence-electron chi connectivity index (χ4n) is 2.44. The highest BCUT2D eigenvalue weighted by molar-refractivity contribution is 5.96. The third kappa shape index (κ3) is 5.97. The van der Waals surface area contributed by atoms with E-state index in [1.165, 1.54) is 30.3 Å². The second-order valence-corrected chi connectivity index (χ2v) is 5.67. The Morgan fingerprint density at radius 2 is 1.87 bits per heavy atom. The topological polar surface area (TPSA) is 87.2 Å². The molecule has 2 aromatic carbocycles. The lowest BCUT2D eigenvalue weighted by Gasteiger charge is -2.12. The number of aromatic hydroxyl groups is 1. The quantitative estimate of drug-likeness (QED) is 0.514. The number of rotatable bonds is 5. The second kappa shape index (κ2) is 9.77. The van der Waals surface area contributed by atoms with Crippen molar-refractivity contribution >= 4 is 5.91 Å². The molecule has 0 bridgehead atoms. The van der Waals surface area contributed by atoms with Crippen molar-refractivity contribution < 1.29 is 32.2 Å². The molecule has 6 nitrogen and oxygen atoms in total. The number of phenols is 1. The highest BCUT2D eigenvalue weighted by Gasteiger charge is 2.32. The van der Waals surface area contributed by atoms with Crippen LogP contribution >= 0.6 is 0 Å². The van der Waals surface area contributed by atoms with E-state index < -0.39 is 23.8 Å². The maximum atomic E-state index is 13.3. The molecule has 160 valence electrons. The second-order valence-electron chi connectivity index (χ2n) is 5.67. The largest absolute Gasteiger partial charge is 0.573 e. The summed E-state index contributed by atoms with van der Waals surface area (Å²) in [7, 11) is 0. The first kappa shape index (κ1) is 22.7. The van der Waals surface area contributed by atoms with Gasteiger partial charge in [-0.15, -0.1) is 13.2 Å². The van der Waals surface area contributed by atoms with E-state index >= 15 is 0 Å². The van der Waals surface area contributed by atoms with Gasteiger partial charge < -0.3 is 15.2 Å². The number of ether oxygens (including phenoxy) is 1. The van der Waals surface area contributed by atoms with E-state index in [-0.39, 0.29) is 29.1 Å². The molecule has 0 radical (unpaired) electrons. The Morgan fingerprint density at radius 1 is 1.17 bits per heavy atom. The molecule has 0 fully saturated rings. The van der Waals surface area contributed by atoms with Gasteiger partial charge in [0.1, 0.15) is 17.3 Å². The molecular weight excluding hydrogens is 406 g/mol. The summed E-state index contributed by atoms with van der Waals surface area (Å²) < 4.78 is 54.5. The van der Waals surface area contributed by atoms with Gasteiger partial charge in [-0.05, 0) is 36.4 Å². The summed E-state index contributed by atoms with van der Waals surface area (Å²) in [5, 5.41) is 18.8. The number of benzene rings is 2. The first-order valence-electron chi connectivity index (χ1n) is 8.89. The van der Waals surface area contributed by atoms with Crippen LogP contribution < -0.4 is 10.1 Å². The van der Waals surface area contributed by atoms with E-state index in [4.69, 9.17) is 0 Å². The summed E-state index contributed by atoms with van der Waals surface area (Å²) in [5.74, 6) is -2.15. The molecule has 3 N–H and O–H groups in total. The molecule has 10 heteroatoms. The molecule has 0 aliphatic rings. The third-order valence-corrected chi connectivity index (χ3v) is 3.66. The minimum Gasteiger partial charge on any atom is -0.507 e. The number of aromatic amines is 1. The number of nitrogens with zero attached hydrogens (tertiary/aromatic N) is 1. The number of halogens is 4. The number of hydrogen-bond donors (Lipinski definition) is 3. The molecular formula is C20H19F4N3O3. The molecule has 0 spiro atoms. The maximum absolute atomic E-state index is 13.3. The molecule has 1 amide bonds. The number of carbonyl (C=O) groups excluding carboxylic acids is 1. The number of phenolic OH excluding ortho intramolecular Hbond substituents is 1. The minimum absolute atomic E-state index is 0.0950. The number of hydrogen-bond acceptors (Lipinski definition) is 4. The first-order valence-corrected chi connectivity index (χ1v) is 8.89. The molecule has 0 saturated carbocycles. The summed E-state index contributed by atoms with van der Waals surface area (Å²) in [4.78, 5) is 12.2. The Hall–Kier alpha value is -3.56. The molecule has 1 heterocycles. The van der Waals surface area contributed by atoms with Crippen LogP contribution in [0.1, 0.15) is 29.9 Å². The number of para-hydroxylation sites is 1. The molecule has 0 atom stereocenters. The standard InChI is InChI=1S/C18H13F4N3O3.C2H6/c19-10-5-6-15(26)13(7-10)14-8-11(24-25-14)9-23-17(27)12-3-1-2-4-16(12)28-18(20,21)22;1-2/h1-8,26H,9H2,(H,23,27)(H,24,25);1-2H3. The zero-order chi connectivity index (χ0) is 22.3. The molecule has 0 aliphatic heterocycles. The van der Waals surface area contributed by atoms with E-state index in [1.807, 2.05) is 13.8 Å². The average molecular weight is 425 g/mol. The summed E-state index contributed by atoms with van der Waals surface area (Å²) in [6, 6.07) is 9.77. The van der Waals surface area contributed by atoms with Gasteiger partial charge in [0.2, 0.25) is 0 Å². The summed E-state index contributed by atoms with van der Waals surface area (Å²) in [6.45, 7) is 3.91. The van der Waals surface area contributed by atoms with Gasteiger partial charge in [0.15, 0.2) is 0 Å². The predicted octanol–water partition coefficient (Wildman–Crippen LogP) is 4.78. The highest BCUT2D eigenvalue weighted by Crippen LogP contribution is 2.29. The van der Waals surface area contributed by atoms with Crippen LogP contribution in [0.4, 0.5) is 17.6 Å². The molecule has 3 aromatic rings. The molecule has 0 unspecified atom stereocenters. The fraction of sp³-hybridized carbons (Fsp3) is 0.200. The van der Waals surface area contributed by atoms with Gasteiger partial charge in [-0.1, -0.05) is 26.0 Å². The summed E-state index contributed by atoms with van der Waals surface area (Å²) in [5.41, 5.74) is 0.489. The van der Waals surface area contributed by atoms with Crippen molar-refractivity contribution in [2.45, 2.75) is 26.8 Å². The monoisotopic (exact) mass is 425 g/mol. The van der Waals surface area contributed by atoms with E-state index in [1.54, 1.807) is 0 Å². The Morgan fingerprint density at radius 3 is 2.57 bits per heavy atom. The van der Waals surface area contributed by atoms with E-state index in [2.05, 4.69) is 20.3 Å². The number of carbonyl (C=O) groups is 1. The third-order valence-electron chi connectivity index (χ3n) is 3.66. The summed E-state index contributed by atoms with van der Waals surface area (Å²) >= 11 is 0. The number of aromatic nitrogens is 2. The van der Waals surface area contributed by atoms with Crippen LogP contribution in [0.15, 0.2) is 48.5 Å². The van der Waals surface area contributed by atoms with Gasteiger partial charge in [-0.25, -0.2) is 4.39 Å². The van der Waals surface area contributed by atoms with Gasteiger partial charge >= 0.3 is 6.36 Å². The molecule has 1 aromatic heterocycles. The Balaban J connectivity index is 0.00000155. The van der Waals surface area contributed by atoms with Crippen molar-refractivity contribution in [1.82, 2.24) is 15.5 Å². The minimum atomic E-state index is -4.93. The van der Waals surface area contributed by atoms with Crippen LogP contribution in [-0.2, 0) is 6.54 Å². The Labute approximate surface area is 169 Å². The Bertz CT molecular complexity index is 1000. The van der Waals surface area contributed by atoms with Gasteiger partial charge in [0.25, 0.3) is 5.91 Å². The van der Waals surface area contributed by atoms with Crippen molar-refractivity contribution in [1.29, 1.82) is 0 Å². The fourth-order valence-corrected chi connectivity index (χ4v) is 2.44. The number of nitrogens with one attached hydrogen (secondary N) is 2. The van der Waals surface area contributed by atoms with Crippen LogP contribution in [0.3, 0.4) is 0 Å². The van der Waals surface area contributed by atoms with Gasteiger partial charge in [0.05, 0.1) is 23.5 Å². The molecule has 3 rings (SSSR count). The van der Waals surface area contributed by atoms with Gasteiger partial charge in [-0.3, -0.25) is 9.89 Å². The number of H-pyrrole nitrogens is 1. The molecule has 0 saturated heterocycles. The molecule has 0 aliphatic carbocycles. The lowest BCUT2D eigenvalue weighted by atomic mass is 10.1. The average Bonchev–Trinajstić information content (AvgIpc) is 3.17. The van der Waals surface area contributed by atoms with Crippen molar-refractivity contribution in [3.63, 3.8) is 0 Å². The van der Waals surface area contributed by atoms with Crippen molar-refractivity contribution in [2.75, 3.05) is 0 Å². The van der Waals surface area contributed by atoms with Crippen LogP contribution in [0, 0.1) is 5.82 Å². The smallest absolute Gasteiger partial charge is 0.507 e. The zero-order valence-corrected chi connectivity index (χ0v) is 16.0. The molecule has 30 heavy (non-hydrogen) atoms. The lowest BCUT2D eigenvalue weighted by molar-refractivity contribution is -0.274. The van der Waals surface area contributed by atoms with Crippen molar-refractivity contribution in [3.05, 3.63) is 65.6 Å². The number of alkyl halides is 3. The van der Waals surface area contributed by atoms with Crippen LogP contribution in [0.5, 0.6) is 11.5 Å². The van der Waals surface area contributed by atoms with E-state index in [0.29, 0.717) is 5.69 Å². The highest BCUT2D eigenvalue weighted by atomic mass is 19.4. The van der Waals surface area contributed by atoms with Gasteiger partial charge in [0, 0.05) is 5.56 Å². The van der Waals surface area contributed by atoms with E-state index in [9.17, 15) is 27.5 Å². The lowest BCUT2D eigenvalue weighted by Crippen LogP contribution is -2.25. The first-order chi connectivity index (χ1) is 14.2. The van der Waals surface area contributed by atoms with Crippen molar-refractivity contribution in [2.24, 2.45) is 0 Å². The maximum Gasteiger partial charge on any atom is 0.573 e. The zero-order valence-electron chi connectivity index (χ0n) is 16.0. The van der Waals surface area contributed by atoms with Crippen LogP contribution in [-0.4, -0.2) is 27.6 Å².